The van der Waals surface area contributed by atoms with E-state index in [1.54, 1.807) is 0 Å². The molecule has 0 amide bonds. The molecule has 19 heavy (non-hydrogen) atoms. The van der Waals surface area contributed by atoms with Gasteiger partial charge in [0.1, 0.15) is 0 Å². The second kappa shape index (κ2) is 8.13. The highest BCUT2D eigenvalue weighted by Gasteiger charge is 2.10. The van der Waals surface area contributed by atoms with Crippen LogP contribution < -0.4 is 0 Å². The van der Waals surface area contributed by atoms with E-state index in [9.17, 15) is 0 Å². The van der Waals surface area contributed by atoms with Crippen LogP contribution in [0, 0.1) is 0 Å². The molecular weight excluding hydrogens is 384 g/mol. The van der Waals surface area contributed by atoms with Crippen molar-refractivity contribution in [2.45, 2.75) is 17.2 Å². The third-order valence-corrected chi connectivity index (χ3v) is 5.36. The van der Waals surface area contributed by atoms with Crippen LogP contribution in [0.3, 0.4) is 0 Å². The molecule has 2 aromatic rings. The van der Waals surface area contributed by atoms with E-state index in [1.807, 2.05) is 11.8 Å². The molecule has 2 aromatic carbocycles. The normalized spacial score (nSPS) is 12.3. The second-order valence-electron chi connectivity index (χ2n) is 4.35. The van der Waals surface area contributed by atoms with Crippen molar-refractivity contribution in [3.63, 3.8) is 0 Å². The molecule has 0 saturated carbocycles. The Balaban J connectivity index is 1.87. The number of rotatable bonds is 6. The predicted molar refractivity (Wildman–Crippen MR) is 92.5 cm³/mol. The number of hydrogen-bond acceptors (Lipinski definition) is 1. The number of halogens is 2. The van der Waals surface area contributed by atoms with Crippen molar-refractivity contribution in [3.05, 3.63) is 64.6 Å². The van der Waals surface area contributed by atoms with Crippen LogP contribution in [-0.2, 0) is 0 Å². The van der Waals surface area contributed by atoms with Gasteiger partial charge in [0.25, 0.3) is 0 Å². The van der Waals surface area contributed by atoms with Crippen molar-refractivity contribution in [1.29, 1.82) is 0 Å². The maximum Gasteiger partial charge on any atom is 0.0175 e. The summed E-state index contributed by atoms with van der Waals surface area (Å²) in [6.07, 6.45) is 1.19. The first-order valence-corrected chi connectivity index (χ1v) is 9.19. The Morgan fingerprint density at radius 1 is 0.947 bits per heavy atom. The third-order valence-electron chi connectivity index (χ3n) is 3.01. The van der Waals surface area contributed by atoms with Crippen LogP contribution in [0.4, 0.5) is 0 Å². The van der Waals surface area contributed by atoms with E-state index >= 15 is 0 Å². The van der Waals surface area contributed by atoms with Gasteiger partial charge < -0.3 is 0 Å². The third kappa shape index (κ3) is 4.97. The lowest BCUT2D eigenvalue weighted by atomic mass is 9.99. The van der Waals surface area contributed by atoms with Crippen LogP contribution >= 0.6 is 43.6 Å². The van der Waals surface area contributed by atoms with E-state index in [0.29, 0.717) is 5.92 Å². The maximum atomic E-state index is 3.64. The fraction of sp³-hybridized carbons (Fsp3) is 0.250. The van der Waals surface area contributed by atoms with Gasteiger partial charge in [-0.2, -0.15) is 0 Å². The van der Waals surface area contributed by atoms with Crippen molar-refractivity contribution in [1.82, 2.24) is 0 Å². The summed E-state index contributed by atoms with van der Waals surface area (Å²) in [5.41, 5.74) is 1.41. The Kier molecular flexibility index (Phi) is 6.48. The minimum absolute atomic E-state index is 0.587. The Morgan fingerprint density at radius 3 is 2.26 bits per heavy atom. The Morgan fingerprint density at radius 2 is 1.63 bits per heavy atom. The van der Waals surface area contributed by atoms with Crippen molar-refractivity contribution < 1.29 is 0 Å². The van der Waals surface area contributed by atoms with Crippen molar-refractivity contribution in [3.8, 4) is 0 Å². The molecule has 0 saturated heterocycles. The first-order chi connectivity index (χ1) is 9.29. The molecular formula is C16H16Br2S. The van der Waals surface area contributed by atoms with Crippen molar-refractivity contribution >= 4 is 43.6 Å². The van der Waals surface area contributed by atoms with E-state index in [1.165, 1.54) is 16.9 Å². The summed E-state index contributed by atoms with van der Waals surface area (Å²) < 4.78 is 1.14. The zero-order chi connectivity index (χ0) is 13.5. The average molecular weight is 400 g/mol. The minimum Gasteiger partial charge on any atom is -0.126 e. The first-order valence-electron chi connectivity index (χ1n) is 6.29. The Bertz CT molecular complexity index is 482. The van der Waals surface area contributed by atoms with Crippen LogP contribution in [0.25, 0.3) is 0 Å². The fourth-order valence-corrected chi connectivity index (χ4v) is 3.85. The summed E-state index contributed by atoms with van der Waals surface area (Å²) in [5, 5.41) is 1.02. The van der Waals surface area contributed by atoms with Gasteiger partial charge in [-0.1, -0.05) is 62.2 Å². The van der Waals surface area contributed by atoms with Gasteiger partial charge in [-0.25, -0.2) is 0 Å². The molecule has 0 nitrogen and oxygen atoms in total. The summed E-state index contributed by atoms with van der Waals surface area (Å²) in [6.45, 7) is 0. The van der Waals surface area contributed by atoms with Gasteiger partial charge >= 0.3 is 0 Å². The highest BCUT2D eigenvalue weighted by Crippen LogP contribution is 2.27. The van der Waals surface area contributed by atoms with Gasteiger partial charge in [-0.05, 0) is 47.9 Å². The van der Waals surface area contributed by atoms with Crippen molar-refractivity contribution in [2.24, 2.45) is 0 Å². The minimum atomic E-state index is 0.587. The summed E-state index contributed by atoms with van der Waals surface area (Å²) in [6, 6.07) is 19.3. The summed E-state index contributed by atoms with van der Waals surface area (Å²) >= 11 is 9.05. The molecule has 0 aliphatic carbocycles. The summed E-state index contributed by atoms with van der Waals surface area (Å²) in [4.78, 5) is 1.35. The standard InChI is InChI=1S/C16H16Br2S/c17-12-14(13-6-8-15(18)9-7-13)10-11-19-16-4-2-1-3-5-16/h1-9,14H,10-12H2. The number of alkyl halides is 1. The molecule has 2 rings (SSSR count). The molecule has 0 spiro atoms. The first kappa shape index (κ1) is 15.1. The van der Waals surface area contributed by atoms with Crippen LogP contribution in [0.5, 0.6) is 0 Å². The molecule has 100 valence electrons. The molecule has 3 heteroatoms. The number of hydrogen-bond donors (Lipinski definition) is 0. The molecule has 0 heterocycles. The van der Waals surface area contributed by atoms with Crippen molar-refractivity contribution in [2.75, 3.05) is 11.1 Å². The van der Waals surface area contributed by atoms with E-state index in [-0.39, 0.29) is 0 Å². The molecule has 1 atom stereocenters. The second-order valence-corrected chi connectivity index (χ2v) is 7.08. The van der Waals surface area contributed by atoms with E-state index in [4.69, 9.17) is 0 Å². The average Bonchev–Trinajstić information content (AvgIpc) is 2.46. The van der Waals surface area contributed by atoms with Gasteiger partial charge in [0.15, 0.2) is 0 Å². The van der Waals surface area contributed by atoms with E-state index < -0.39 is 0 Å². The highest BCUT2D eigenvalue weighted by atomic mass is 79.9. The number of thioether (sulfide) groups is 1. The molecule has 0 radical (unpaired) electrons. The van der Waals surface area contributed by atoms with Crippen LogP contribution in [-0.4, -0.2) is 11.1 Å². The van der Waals surface area contributed by atoms with Gasteiger partial charge in [0.05, 0.1) is 0 Å². The highest BCUT2D eigenvalue weighted by molar-refractivity contribution is 9.10. The Hall–Kier alpha value is -0.250. The van der Waals surface area contributed by atoms with Gasteiger partial charge in [-0.15, -0.1) is 11.8 Å². The molecule has 0 aromatic heterocycles. The summed E-state index contributed by atoms with van der Waals surface area (Å²) in [5.74, 6) is 1.74. The smallest absolute Gasteiger partial charge is 0.0175 e. The van der Waals surface area contributed by atoms with Crippen LogP contribution in [0.2, 0.25) is 0 Å². The quantitative estimate of drug-likeness (QED) is 0.417. The van der Waals surface area contributed by atoms with Gasteiger partial charge in [0.2, 0.25) is 0 Å². The molecule has 0 bridgehead atoms. The fourth-order valence-electron chi connectivity index (χ4n) is 1.90. The zero-order valence-corrected chi connectivity index (χ0v) is 14.5. The topological polar surface area (TPSA) is 0 Å². The maximum absolute atomic E-state index is 3.64. The molecule has 0 aliphatic heterocycles. The lowest BCUT2D eigenvalue weighted by molar-refractivity contribution is 0.756. The molecule has 0 aliphatic rings. The van der Waals surface area contributed by atoms with E-state index in [0.717, 1.165) is 15.6 Å². The number of benzene rings is 2. The predicted octanol–water partition coefficient (Wildman–Crippen LogP) is 6.11. The van der Waals surface area contributed by atoms with E-state index in [2.05, 4.69) is 86.5 Å². The molecule has 0 N–H and O–H groups in total. The zero-order valence-electron chi connectivity index (χ0n) is 10.6. The van der Waals surface area contributed by atoms with Crippen LogP contribution in [0.1, 0.15) is 17.9 Å². The Labute approximate surface area is 136 Å². The largest absolute Gasteiger partial charge is 0.126 e. The lowest BCUT2D eigenvalue weighted by Crippen LogP contribution is -2.01. The molecule has 1 unspecified atom stereocenters. The molecule has 0 fully saturated rings. The van der Waals surface area contributed by atoms with Gasteiger partial charge in [-0.3, -0.25) is 0 Å². The monoisotopic (exact) mass is 398 g/mol. The summed E-state index contributed by atoms with van der Waals surface area (Å²) in [7, 11) is 0. The lowest BCUT2D eigenvalue weighted by Gasteiger charge is -2.14. The van der Waals surface area contributed by atoms with Crippen LogP contribution in [0.15, 0.2) is 64.0 Å². The SMILES string of the molecule is BrCC(CCSc1ccccc1)c1ccc(Br)cc1. The van der Waals surface area contributed by atoms with Gasteiger partial charge in [0, 0.05) is 14.7 Å².